The van der Waals surface area contributed by atoms with E-state index in [0.717, 1.165) is 18.0 Å². The van der Waals surface area contributed by atoms with Gasteiger partial charge in [0.15, 0.2) is 0 Å². The minimum Gasteiger partial charge on any atom is -0.397 e. The monoisotopic (exact) mass is 265 g/mol. The summed E-state index contributed by atoms with van der Waals surface area (Å²) in [5.74, 6) is -0.212. The molecule has 7 heteroatoms. The van der Waals surface area contributed by atoms with Crippen molar-refractivity contribution in [3.63, 3.8) is 0 Å². The molecule has 18 heavy (non-hydrogen) atoms. The van der Waals surface area contributed by atoms with Gasteiger partial charge < -0.3 is 10.3 Å². The van der Waals surface area contributed by atoms with E-state index in [-0.39, 0.29) is 5.91 Å². The number of nitrogens with one attached hydrogen (secondary N) is 1. The molecule has 0 unspecified atom stereocenters. The zero-order chi connectivity index (χ0) is 13.1. The molecule has 2 aromatic heterocycles. The van der Waals surface area contributed by atoms with Crippen LogP contribution in [0.3, 0.4) is 0 Å². The zero-order valence-electron chi connectivity index (χ0n) is 10.3. The van der Waals surface area contributed by atoms with Crippen LogP contribution in [0.2, 0.25) is 0 Å². The molecule has 0 aliphatic rings. The predicted molar refractivity (Wildman–Crippen MR) is 71.7 cm³/mol. The van der Waals surface area contributed by atoms with Gasteiger partial charge in [0.2, 0.25) is 5.13 Å². The van der Waals surface area contributed by atoms with Crippen molar-refractivity contribution in [3.8, 4) is 0 Å². The van der Waals surface area contributed by atoms with Gasteiger partial charge in [0.1, 0.15) is 10.7 Å². The summed E-state index contributed by atoms with van der Waals surface area (Å²) in [5.41, 5.74) is 6.85. The Bertz CT molecular complexity index is 560. The maximum atomic E-state index is 12.1. The van der Waals surface area contributed by atoms with E-state index in [0.29, 0.717) is 16.5 Å². The number of hydrogen-bond acceptors (Lipinski definition) is 5. The maximum absolute atomic E-state index is 12.1. The smallest absolute Gasteiger partial charge is 0.274 e. The molecule has 6 nitrogen and oxygen atoms in total. The van der Waals surface area contributed by atoms with Gasteiger partial charge in [-0.05, 0) is 19.4 Å². The number of carbonyl (C=O) groups is 1. The van der Waals surface area contributed by atoms with Crippen LogP contribution in [0, 0.1) is 6.92 Å². The Morgan fingerprint density at radius 2 is 2.33 bits per heavy atom. The van der Waals surface area contributed by atoms with E-state index in [9.17, 15) is 4.79 Å². The molecule has 0 fully saturated rings. The Morgan fingerprint density at radius 1 is 1.56 bits per heavy atom. The van der Waals surface area contributed by atoms with Crippen LogP contribution in [0.4, 0.5) is 10.8 Å². The van der Waals surface area contributed by atoms with E-state index in [4.69, 9.17) is 5.73 Å². The van der Waals surface area contributed by atoms with Crippen LogP contribution in [-0.4, -0.2) is 20.7 Å². The van der Waals surface area contributed by atoms with Gasteiger partial charge in [0.05, 0.1) is 5.69 Å². The predicted octanol–water partition coefficient (Wildman–Crippen LogP) is 1.89. The molecular formula is C11H15N5OS. The number of nitrogens with zero attached hydrogens (tertiary/aromatic N) is 3. The normalized spacial score (nSPS) is 10.6. The van der Waals surface area contributed by atoms with Gasteiger partial charge in [-0.1, -0.05) is 18.3 Å². The molecule has 2 heterocycles. The molecule has 3 N–H and O–H groups in total. The molecule has 0 aliphatic carbocycles. The summed E-state index contributed by atoms with van der Waals surface area (Å²) in [6, 6.07) is 1.67. The summed E-state index contributed by atoms with van der Waals surface area (Å²) in [5, 5.41) is 11.7. The van der Waals surface area contributed by atoms with Crippen molar-refractivity contribution in [2.45, 2.75) is 26.8 Å². The van der Waals surface area contributed by atoms with Crippen LogP contribution in [0.15, 0.2) is 12.3 Å². The number of anilines is 2. The van der Waals surface area contributed by atoms with E-state index in [1.165, 1.54) is 11.3 Å². The molecule has 96 valence electrons. The highest BCUT2D eigenvalue weighted by atomic mass is 32.1. The van der Waals surface area contributed by atoms with Crippen LogP contribution < -0.4 is 11.1 Å². The number of amides is 1. The molecule has 0 saturated carbocycles. The van der Waals surface area contributed by atoms with E-state index in [1.807, 2.05) is 18.4 Å². The van der Waals surface area contributed by atoms with E-state index >= 15 is 0 Å². The number of nitrogen functional groups attached to an aromatic ring is 1. The Morgan fingerprint density at radius 3 is 2.94 bits per heavy atom. The fourth-order valence-electron chi connectivity index (χ4n) is 1.66. The first-order chi connectivity index (χ1) is 8.60. The zero-order valence-corrected chi connectivity index (χ0v) is 11.1. The number of aryl methyl sites for hydroxylation is 2. The highest BCUT2D eigenvalue weighted by Crippen LogP contribution is 2.17. The summed E-state index contributed by atoms with van der Waals surface area (Å²) in [7, 11) is 0. The fourth-order valence-corrected chi connectivity index (χ4v) is 2.24. The van der Waals surface area contributed by atoms with Crippen molar-refractivity contribution in [1.82, 2.24) is 14.8 Å². The summed E-state index contributed by atoms with van der Waals surface area (Å²) in [4.78, 5) is 12.1. The minimum absolute atomic E-state index is 0.212. The number of aromatic nitrogens is 3. The molecular weight excluding hydrogens is 250 g/mol. The Labute approximate surface area is 109 Å². The van der Waals surface area contributed by atoms with Gasteiger partial charge in [0.25, 0.3) is 5.91 Å². The van der Waals surface area contributed by atoms with Crippen molar-refractivity contribution in [1.29, 1.82) is 0 Å². The second-order valence-electron chi connectivity index (χ2n) is 3.93. The maximum Gasteiger partial charge on any atom is 0.274 e. The topological polar surface area (TPSA) is 85.8 Å². The average Bonchev–Trinajstić information content (AvgIpc) is 2.86. The summed E-state index contributed by atoms with van der Waals surface area (Å²) in [6.45, 7) is 4.65. The third-order valence-electron chi connectivity index (χ3n) is 2.36. The highest BCUT2D eigenvalue weighted by Gasteiger charge is 2.14. The van der Waals surface area contributed by atoms with Crippen molar-refractivity contribution >= 4 is 28.1 Å². The number of nitrogens with two attached hydrogens (primary N) is 1. The summed E-state index contributed by atoms with van der Waals surface area (Å²) >= 11 is 1.34. The van der Waals surface area contributed by atoms with E-state index < -0.39 is 0 Å². The van der Waals surface area contributed by atoms with Crippen molar-refractivity contribution in [2.75, 3.05) is 11.1 Å². The largest absolute Gasteiger partial charge is 0.397 e. The number of hydrogen-bond donors (Lipinski definition) is 2. The third kappa shape index (κ3) is 2.67. The minimum atomic E-state index is -0.212. The molecule has 0 aliphatic heterocycles. The molecule has 0 saturated heterocycles. The fraction of sp³-hybridized carbons (Fsp3) is 0.364. The average molecular weight is 265 g/mol. The summed E-state index contributed by atoms with van der Waals surface area (Å²) in [6.07, 6.45) is 2.70. The third-order valence-corrected chi connectivity index (χ3v) is 3.12. The summed E-state index contributed by atoms with van der Waals surface area (Å²) < 4.78 is 1.85. The lowest BCUT2D eigenvalue weighted by Gasteiger charge is -2.06. The van der Waals surface area contributed by atoms with Crippen LogP contribution in [0.25, 0.3) is 0 Å². The Kier molecular flexibility index (Phi) is 3.61. The lowest BCUT2D eigenvalue weighted by atomic mass is 10.3. The number of carbonyl (C=O) groups excluding carboxylic acids is 1. The molecule has 2 aromatic rings. The molecule has 0 aromatic carbocycles. The van der Waals surface area contributed by atoms with Gasteiger partial charge in [0, 0.05) is 12.7 Å². The Balaban J connectivity index is 2.17. The lowest BCUT2D eigenvalue weighted by Crippen LogP contribution is -2.16. The van der Waals surface area contributed by atoms with Crippen LogP contribution in [-0.2, 0) is 6.54 Å². The van der Waals surface area contributed by atoms with Crippen molar-refractivity contribution < 1.29 is 4.79 Å². The van der Waals surface area contributed by atoms with Crippen LogP contribution >= 0.6 is 11.3 Å². The van der Waals surface area contributed by atoms with E-state index in [2.05, 4.69) is 15.5 Å². The second kappa shape index (κ2) is 5.18. The first-order valence-corrected chi connectivity index (χ1v) is 6.49. The molecule has 1 amide bonds. The Hall–Kier alpha value is -1.89. The highest BCUT2D eigenvalue weighted by molar-refractivity contribution is 7.15. The van der Waals surface area contributed by atoms with Gasteiger partial charge in [-0.25, -0.2) is 0 Å². The van der Waals surface area contributed by atoms with E-state index in [1.54, 1.807) is 12.3 Å². The molecule has 2 rings (SSSR count). The molecule has 0 bridgehead atoms. The van der Waals surface area contributed by atoms with Gasteiger partial charge in [-0.15, -0.1) is 10.2 Å². The van der Waals surface area contributed by atoms with Crippen LogP contribution in [0.5, 0.6) is 0 Å². The molecule has 0 atom stereocenters. The van der Waals surface area contributed by atoms with Gasteiger partial charge in [-0.2, -0.15) is 0 Å². The SMILES string of the molecule is CCCn1cc(N)cc1C(=O)Nc1nnc(C)s1. The quantitative estimate of drug-likeness (QED) is 0.884. The van der Waals surface area contributed by atoms with Gasteiger partial charge in [-0.3, -0.25) is 10.1 Å². The first kappa shape index (κ1) is 12.6. The molecule has 0 spiro atoms. The molecule has 0 radical (unpaired) electrons. The van der Waals surface area contributed by atoms with Gasteiger partial charge >= 0.3 is 0 Å². The standard InChI is InChI=1S/C11H15N5OS/c1-3-4-16-6-8(12)5-9(16)10(17)13-11-15-14-7(2)18-11/h5-6H,3-4,12H2,1-2H3,(H,13,15,17). The lowest BCUT2D eigenvalue weighted by molar-refractivity contribution is 0.101. The van der Waals surface area contributed by atoms with Crippen molar-refractivity contribution in [2.24, 2.45) is 0 Å². The van der Waals surface area contributed by atoms with Crippen LogP contribution in [0.1, 0.15) is 28.8 Å². The second-order valence-corrected chi connectivity index (χ2v) is 5.11. The first-order valence-electron chi connectivity index (χ1n) is 5.67. The number of rotatable bonds is 4. The van der Waals surface area contributed by atoms with Crippen molar-refractivity contribution in [3.05, 3.63) is 23.0 Å².